The van der Waals surface area contributed by atoms with Gasteiger partial charge < -0.3 is 22.9 Å². The van der Waals surface area contributed by atoms with E-state index in [1.165, 1.54) is 29.3 Å². The van der Waals surface area contributed by atoms with Gasteiger partial charge in [0, 0.05) is 6.04 Å². The minimum atomic E-state index is -4.83. The maximum absolute atomic E-state index is 12.6. The van der Waals surface area contributed by atoms with Crippen molar-refractivity contribution in [2.45, 2.75) is 83.1 Å². The van der Waals surface area contributed by atoms with Crippen molar-refractivity contribution in [1.29, 1.82) is 0 Å². The van der Waals surface area contributed by atoms with Gasteiger partial charge >= 0.3 is 24.7 Å². The van der Waals surface area contributed by atoms with Gasteiger partial charge in [-0.05, 0) is 111 Å². The molecule has 16 heteroatoms. The lowest BCUT2D eigenvalue weighted by Gasteiger charge is -2.17. The van der Waals surface area contributed by atoms with Crippen molar-refractivity contribution in [3.05, 3.63) is 141 Å². The lowest BCUT2D eigenvalue weighted by atomic mass is 9.97. The van der Waals surface area contributed by atoms with Crippen molar-refractivity contribution in [3.63, 3.8) is 0 Å². The summed E-state index contributed by atoms with van der Waals surface area (Å²) in [6.45, 7) is 5.50. The first kappa shape index (κ1) is 49.9. The van der Waals surface area contributed by atoms with Crippen LogP contribution in [-0.2, 0) is 44.0 Å². The summed E-state index contributed by atoms with van der Waals surface area (Å²) in [5, 5.41) is 0. The highest BCUT2D eigenvalue weighted by atomic mass is 19.4. The van der Waals surface area contributed by atoms with Crippen molar-refractivity contribution in [3.8, 4) is 0 Å². The fraction of sp³-hybridized carbons (Fsp3) is 0.400. The van der Waals surface area contributed by atoms with Gasteiger partial charge in [-0.15, -0.1) is 0 Å². The molecule has 0 radical (unpaired) electrons. The van der Waals surface area contributed by atoms with E-state index in [-0.39, 0.29) is 11.6 Å². The van der Waals surface area contributed by atoms with Crippen LogP contribution >= 0.6 is 0 Å². The molecule has 0 aliphatic carbocycles. The van der Waals surface area contributed by atoms with Gasteiger partial charge in [0.2, 0.25) is 0 Å². The fourth-order valence-electron chi connectivity index (χ4n) is 4.80. The molecule has 0 saturated heterocycles. The molecule has 0 heterocycles. The van der Waals surface area contributed by atoms with E-state index in [0.717, 1.165) is 49.2 Å². The molecule has 1 atom stereocenters. The Balaban J connectivity index is 0.000000386. The number of hydrogen-bond donors (Lipinski definition) is 4. The number of unbranched alkanes of at least 4 members (excludes halogenated alkanes) is 1. The average Bonchev–Trinajstić information content (AvgIpc) is 3.11. The summed E-state index contributed by atoms with van der Waals surface area (Å²) in [5.74, 6) is 0. The first-order chi connectivity index (χ1) is 26.0. The predicted octanol–water partition coefficient (Wildman–Crippen LogP) is 10.8. The number of nitrogens with two attached hydrogens (primary N) is 4. The number of hydrogen-bond acceptors (Lipinski definition) is 4. The van der Waals surface area contributed by atoms with E-state index in [1.54, 1.807) is 6.07 Å². The zero-order valence-corrected chi connectivity index (χ0v) is 30.9. The SMILES string of the molecule is CCCCC(N)c1cc(C(F)(F)F)cc(C(F)(F)F)c1.Cc1ccc(CCN)cc1.NCCc1ccc(C(F)(F)F)cc1.NCCc1cccc(C(F)(F)F)c1. The van der Waals surface area contributed by atoms with Gasteiger partial charge in [-0.25, -0.2) is 0 Å². The number of halogens is 12. The third kappa shape index (κ3) is 19.2. The second kappa shape index (κ2) is 23.2. The van der Waals surface area contributed by atoms with E-state index in [4.69, 9.17) is 22.9 Å². The third-order valence-electron chi connectivity index (χ3n) is 7.86. The molecule has 8 N–H and O–H groups in total. The molecular formula is C40H48F12N4. The van der Waals surface area contributed by atoms with Crippen LogP contribution < -0.4 is 22.9 Å². The minimum absolute atomic E-state index is 0.107. The molecule has 0 saturated carbocycles. The summed E-state index contributed by atoms with van der Waals surface area (Å²) in [6, 6.07) is 19.4. The van der Waals surface area contributed by atoms with E-state index in [2.05, 4.69) is 31.2 Å². The molecule has 0 aromatic heterocycles. The van der Waals surface area contributed by atoms with Crippen molar-refractivity contribution in [2.24, 2.45) is 22.9 Å². The summed E-state index contributed by atoms with van der Waals surface area (Å²) in [5.41, 5.74) is 21.6. The van der Waals surface area contributed by atoms with Crippen LogP contribution in [0, 0.1) is 6.92 Å². The summed E-state index contributed by atoms with van der Waals surface area (Å²) < 4.78 is 149. The summed E-state index contributed by atoms with van der Waals surface area (Å²) >= 11 is 0. The molecular weight excluding hydrogens is 764 g/mol. The molecule has 4 aromatic carbocycles. The fourth-order valence-corrected chi connectivity index (χ4v) is 4.80. The van der Waals surface area contributed by atoms with Crippen molar-refractivity contribution < 1.29 is 52.7 Å². The Morgan fingerprint density at radius 1 is 0.482 bits per heavy atom. The Bertz CT molecular complexity index is 1650. The first-order valence-electron chi connectivity index (χ1n) is 17.5. The van der Waals surface area contributed by atoms with Crippen molar-refractivity contribution >= 4 is 0 Å². The Morgan fingerprint density at radius 3 is 1.29 bits per heavy atom. The molecule has 0 bridgehead atoms. The first-order valence-corrected chi connectivity index (χ1v) is 17.5. The molecule has 0 fully saturated rings. The maximum Gasteiger partial charge on any atom is 0.416 e. The molecule has 312 valence electrons. The molecule has 0 spiro atoms. The monoisotopic (exact) mass is 812 g/mol. The zero-order chi connectivity index (χ0) is 42.7. The third-order valence-corrected chi connectivity index (χ3v) is 7.86. The van der Waals surface area contributed by atoms with Gasteiger partial charge in [0.15, 0.2) is 0 Å². The van der Waals surface area contributed by atoms with Gasteiger partial charge in [0.05, 0.1) is 22.3 Å². The number of rotatable bonds is 10. The van der Waals surface area contributed by atoms with Crippen LogP contribution in [-0.4, -0.2) is 19.6 Å². The number of alkyl halides is 12. The Morgan fingerprint density at radius 2 is 0.893 bits per heavy atom. The lowest BCUT2D eigenvalue weighted by Crippen LogP contribution is -2.16. The van der Waals surface area contributed by atoms with E-state index >= 15 is 0 Å². The highest BCUT2D eigenvalue weighted by Gasteiger charge is 2.37. The normalized spacial score (nSPS) is 12.3. The zero-order valence-electron chi connectivity index (χ0n) is 30.9. The predicted molar refractivity (Wildman–Crippen MR) is 195 cm³/mol. The lowest BCUT2D eigenvalue weighted by molar-refractivity contribution is -0.143. The Labute approximate surface area is 319 Å². The van der Waals surface area contributed by atoms with Crippen LogP contribution in [0.1, 0.15) is 82.3 Å². The quantitative estimate of drug-likeness (QED) is 0.120. The maximum atomic E-state index is 12.6. The van der Waals surface area contributed by atoms with E-state index < -0.39 is 53.0 Å². The van der Waals surface area contributed by atoms with Crippen LogP contribution in [0.3, 0.4) is 0 Å². The highest BCUT2D eigenvalue weighted by Crippen LogP contribution is 2.38. The minimum Gasteiger partial charge on any atom is -0.330 e. The van der Waals surface area contributed by atoms with Crippen LogP contribution in [0.15, 0.2) is 91.0 Å². The molecule has 0 amide bonds. The molecule has 0 aliphatic rings. The van der Waals surface area contributed by atoms with Crippen LogP contribution in [0.2, 0.25) is 0 Å². The van der Waals surface area contributed by atoms with Gasteiger partial charge in [-0.1, -0.05) is 79.9 Å². The van der Waals surface area contributed by atoms with Crippen molar-refractivity contribution in [2.75, 3.05) is 19.6 Å². The smallest absolute Gasteiger partial charge is 0.330 e. The van der Waals surface area contributed by atoms with Gasteiger partial charge in [-0.2, -0.15) is 52.7 Å². The molecule has 4 nitrogen and oxygen atoms in total. The Hall–Kier alpha value is -4.12. The average molecular weight is 813 g/mol. The van der Waals surface area contributed by atoms with Gasteiger partial charge in [0.1, 0.15) is 0 Å². The largest absolute Gasteiger partial charge is 0.416 e. The number of aryl methyl sites for hydroxylation is 1. The van der Waals surface area contributed by atoms with Crippen LogP contribution in [0.25, 0.3) is 0 Å². The topological polar surface area (TPSA) is 104 Å². The van der Waals surface area contributed by atoms with Gasteiger partial charge in [-0.3, -0.25) is 0 Å². The molecule has 56 heavy (non-hydrogen) atoms. The van der Waals surface area contributed by atoms with E-state index in [9.17, 15) is 52.7 Å². The molecule has 1 unspecified atom stereocenters. The van der Waals surface area contributed by atoms with Gasteiger partial charge in [0.25, 0.3) is 0 Å². The van der Waals surface area contributed by atoms with Crippen LogP contribution in [0.5, 0.6) is 0 Å². The number of benzene rings is 4. The summed E-state index contributed by atoms with van der Waals surface area (Å²) in [4.78, 5) is 0. The summed E-state index contributed by atoms with van der Waals surface area (Å²) in [6.07, 6.45) is -14.4. The second-order valence-electron chi connectivity index (χ2n) is 12.6. The Kier molecular flexibility index (Phi) is 20.7. The summed E-state index contributed by atoms with van der Waals surface area (Å²) in [7, 11) is 0. The standard InChI is InChI=1S/C13H15F6N.2C9H10F3N.C9H13N/c1-2-3-4-11(20)8-5-9(12(14,15)16)7-10(6-8)13(17,18)19;10-9(11,12)8-3-1-7(2-4-8)5-6-13;10-9(11,12)8-3-1-2-7(6-8)4-5-13;1-8-2-4-9(5-3-8)6-7-10/h5-7,11H,2-4,20H2,1H3;1-4H,5-6,13H2;1-3,6H,4-5,13H2;2-5H,6-7,10H2,1H3. The van der Waals surface area contributed by atoms with E-state index in [0.29, 0.717) is 56.5 Å². The highest BCUT2D eigenvalue weighted by molar-refractivity contribution is 5.35. The molecule has 4 rings (SSSR count). The van der Waals surface area contributed by atoms with Crippen LogP contribution in [0.4, 0.5) is 52.7 Å². The second-order valence-corrected chi connectivity index (χ2v) is 12.6. The van der Waals surface area contributed by atoms with E-state index in [1.807, 2.05) is 6.92 Å². The molecule has 0 aliphatic heterocycles. The molecule has 4 aromatic rings. The van der Waals surface area contributed by atoms with Crippen molar-refractivity contribution in [1.82, 2.24) is 0 Å².